The van der Waals surface area contributed by atoms with Crippen LogP contribution in [0.5, 0.6) is 5.75 Å². The highest BCUT2D eigenvalue weighted by Crippen LogP contribution is 2.26. The number of hydrogen-bond donors (Lipinski definition) is 2. The van der Waals surface area contributed by atoms with E-state index in [9.17, 15) is 0 Å². The topological polar surface area (TPSA) is 59.1 Å². The fraction of sp³-hybridized carbons (Fsp3) is 0.188. The first-order chi connectivity index (χ1) is 9.60. The summed E-state index contributed by atoms with van der Waals surface area (Å²) >= 11 is 1.78. The molecular formula is C16H18N2OS. The van der Waals surface area contributed by atoms with Crippen LogP contribution in [-0.4, -0.2) is 12.9 Å². The number of methoxy groups -OCH3 is 1. The quantitative estimate of drug-likeness (QED) is 0.502. The van der Waals surface area contributed by atoms with Crippen molar-refractivity contribution in [2.75, 3.05) is 7.11 Å². The van der Waals surface area contributed by atoms with Gasteiger partial charge in [0.05, 0.1) is 12.7 Å². The first kappa shape index (κ1) is 14.5. The van der Waals surface area contributed by atoms with Gasteiger partial charge in [0, 0.05) is 10.6 Å². The second-order valence-electron chi connectivity index (χ2n) is 4.55. The molecule has 20 heavy (non-hydrogen) atoms. The van der Waals surface area contributed by atoms with Crippen LogP contribution < -0.4 is 10.5 Å². The molecule has 2 aromatic rings. The number of benzene rings is 2. The Morgan fingerprint density at radius 2 is 1.90 bits per heavy atom. The molecule has 0 heterocycles. The SMILES string of the molecule is COc1cc(CSc2ccc(C)cc2)ccc1C(=N)N. The Morgan fingerprint density at radius 1 is 1.20 bits per heavy atom. The van der Waals surface area contributed by atoms with Gasteiger partial charge in [-0.2, -0.15) is 0 Å². The summed E-state index contributed by atoms with van der Waals surface area (Å²) in [4.78, 5) is 1.24. The molecule has 2 aromatic carbocycles. The smallest absolute Gasteiger partial charge is 0.130 e. The minimum absolute atomic E-state index is 0.0274. The highest BCUT2D eigenvalue weighted by molar-refractivity contribution is 7.98. The van der Waals surface area contributed by atoms with Crippen LogP contribution in [0.3, 0.4) is 0 Å². The summed E-state index contributed by atoms with van der Waals surface area (Å²) in [6.07, 6.45) is 0. The molecule has 0 amide bonds. The molecule has 0 saturated heterocycles. The first-order valence-electron chi connectivity index (χ1n) is 6.31. The molecule has 0 aliphatic heterocycles. The molecule has 0 atom stereocenters. The number of hydrogen-bond acceptors (Lipinski definition) is 3. The van der Waals surface area contributed by atoms with E-state index in [1.54, 1.807) is 18.9 Å². The van der Waals surface area contributed by atoms with Crippen LogP contribution in [0.2, 0.25) is 0 Å². The Bertz CT molecular complexity index is 608. The van der Waals surface area contributed by atoms with Crippen molar-refractivity contribution in [2.24, 2.45) is 5.73 Å². The van der Waals surface area contributed by atoms with E-state index in [0.29, 0.717) is 11.3 Å². The van der Waals surface area contributed by atoms with Gasteiger partial charge < -0.3 is 10.5 Å². The number of nitrogens with one attached hydrogen (secondary N) is 1. The summed E-state index contributed by atoms with van der Waals surface area (Å²) in [5.41, 5.74) is 8.57. The zero-order valence-corrected chi connectivity index (χ0v) is 12.5. The van der Waals surface area contributed by atoms with Crippen molar-refractivity contribution < 1.29 is 4.74 Å². The Labute approximate surface area is 123 Å². The highest BCUT2D eigenvalue weighted by atomic mass is 32.2. The van der Waals surface area contributed by atoms with Crippen LogP contribution in [0.1, 0.15) is 16.7 Å². The summed E-state index contributed by atoms with van der Waals surface area (Å²) in [5.74, 6) is 1.54. The van der Waals surface area contributed by atoms with Crippen LogP contribution in [0.25, 0.3) is 0 Å². The van der Waals surface area contributed by atoms with E-state index >= 15 is 0 Å². The van der Waals surface area contributed by atoms with Gasteiger partial charge in [0.2, 0.25) is 0 Å². The third-order valence-electron chi connectivity index (χ3n) is 2.98. The molecule has 104 valence electrons. The maximum atomic E-state index is 7.50. The molecule has 0 bridgehead atoms. The van der Waals surface area contributed by atoms with Gasteiger partial charge in [0.15, 0.2) is 0 Å². The third kappa shape index (κ3) is 3.54. The van der Waals surface area contributed by atoms with E-state index in [2.05, 4.69) is 31.2 Å². The summed E-state index contributed by atoms with van der Waals surface area (Å²) in [6, 6.07) is 14.2. The normalized spacial score (nSPS) is 10.3. The summed E-state index contributed by atoms with van der Waals surface area (Å²) < 4.78 is 5.28. The molecule has 0 saturated carbocycles. The van der Waals surface area contributed by atoms with E-state index in [1.165, 1.54) is 10.5 Å². The molecule has 3 nitrogen and oxygen atoms in total. The highest BCUT2D eigenvalue weighted by Gasteiger charge is 2.07. The lowest BCUT2D eigenvalue weighted by molar-refractivity contribution is 0.413. The van der Waals surface area contributed by atoms with Crippen molar-refractivity contribution in [3.63, 3.8) is 0 Å². The van der Waals surface area contributed by atoms with Crippen LogP contribution in [0.4, 0.5) is 0 Å². The van der Waals surface area contributed by atoms with E-state index < -0.39 is 0 Å². The largest absolute Gasteiger partial charge is 0.496 e. The van der Waals surface area contributed by atoms with Gasteiger partial charge in [0.1, 0.15) is 11.6 Å². The van der Waals surface area contributed by atoms with Crippen molar-refractivity contribution >= 4 is 17.6 Å². The van der Waals surface area contributed by atoms with Crippen molar-refractivity contribution in [1.29, 1.82) is 5.41 Å². The van der Waals surface area contributed by atoms with Gasteiger partial charge in [-0.05, 0) is 36.8 Å². The second-order valence-corrected chi connectivity index (χ2v) is 5.60. The van der Waals surface area contributed by atoms with Crippen LogP contribution >= 0.6 is 11.8 Å². The monoisotopic (exact) mass is 286 g/mol. The number of amidine groups is 1. The number of aryl methyl sites for hydroxylation is 1. The lowest BCUT2D eigenvalue weighted by Gasteiger charge is -2.09. The van der Waals surface area contributed by atoms with Crippen molar-refractivity contribution in [3.05, 3.63) is 59.2 Å². The average molecular weight is 286 g/mol. The molecule has 3 N–H and O–H groups in total. The molecule has 0 unspecified atom stereocenters. The van der Waals surface area contributed by atoms with Gasteiger partial charge >= 0.3 is 0 Å². The molecule has 0 aliphatic rings. The maximum absolute atomic E-state index is 7.50. The average Bonchev–Trinajstić information content (AvgIpc) is 2.46. The van der Waals surface area contributed by atoms with Gasteiger partial charge in [0.25, 0.3) is 0 Å². The van der Waals surface area contributed by atoms with Crippen LogP contribution in [-0.2, 0) is 5.75 Å². The van der Waals surface area contributed by atoms with Gasteiger partial charge in [-0.25, -0.2) is 0 Å². The summed E-state index contributed by atoms with van der Waals surface area (Å²) in [6.45, 7) is 2.08. The standard InChI is InChI=1S/C16H18N2OS/c1-11-3-6-13(7-4-11)20-10-12-5-8-14(16(17)18)15(9-12)19-2/h3-9H,10H2,1-2H3,(H3,17,18). The Hall–Kier alpha value is -1.94. The zero-order chi connectivity index (χ0) is 14.5. The van der Waals surface area contributed by atoms with E-state index in [-0.39, 0.29) is 5.84 Å². The fourth-order valence-corrected chi connectivity index (χ4v) is 2.69. The predicted octanol–water partition coefficient (Wildman–Crippen LogP) is 3.58. The molecule has 0 spiro atoms. The Kier molecular flexibility index (Phi) is 4.69. The van der Waals surface area contributed by atoms with E-state index in [4.69, 9.17) is 15.9 Å². The third-order valence-corrected chi connectivity index (χ3v) is 4.07. The lowest BCUT2D eigenvalue weighted by Crippen LogP contribution is -2.12. The van der Waals surface area contributed by atoms with Crippen LogP contribution in [0.15, 0.2) is 47.4 Å². The number of nitrogen functional groups attached to an aromatic ring is 1. The van der Waals surface area contributed by atoms with Crippen molar-refractivity contribution in [1.82, 2.24) is 0 Å². The van der Waals surface area contributed by atoms with Gasteiger partial charge in [-0.3, -0.25) is 5.41 Å². The fourth-order valence-electron chi connectivity index (χ4n) is 1.85. The minimum atomic E-state index is 0.0274. The summed E-state index contributed by atoms with van der Waals surface area (Å²) in [5, 5.41) is 7.50. The van der Waals surface area contributed by atoms with E-state index in [0.717, 1.165) is 11.3 Å². The van der Waals surface area contributed by atoms with E-state index in [1.807, 2.05) is 18.2 Å². The Balaban J connectivity index is 2.10. The minimum Gasteiger partial charge on any atom is -0.496 e. The summed E-state index contributed by atoms with van der Waals surface area (Å²) in [7, 11) is 1.60. The molecule has 2 rings (SSSR count). The predicted molar refractivity (Wildman–Crippen MR) is 84.8 cm³/mol. The number of thioether (sulfide) groups is 1. The number of rotatable bonds is 5. The Morgan fingerprint density at radius 3 is 2.50 bits per heavy atom. The zero-order valence-electron chi connectivity index (χ0n) is 11.6. The van der Waals surface area contributed by atoms with Crippen LogP contribution in [0, 0.1) is 12.3 Å². The lowest BCUT2D eigenvalue weighted by atomic mass is 10.1. The molecular weight excluding hydrogens is 268 g/mol. The van der Waals surface area contributed by atoms with Gasteiger partial charge in [-0.1, -0.05) is 23.8 Å². The number of ether oxygens (including phenoxy) is 1. The first-order valence-corrected chi connectivity index (χ1v) is 7.29. The second kappa shape index (κ2) is 6.48. The molecule has 0 radical (unpaired) electrons. The van der Waals surface area contributed by atoms with Gasteiger partial charge in [-0.15, -0.1) is 11.8 Å². The molecule has 0 fully saturated rings. The molecule has 0 aliphatic carbocycles. The number of nitrogens with two attached hydrogens (primary N) is 1. The van der Waals surface area contributed by atoms with Crippen molar-refractivity contribution in [3.8, 4) is 5.75 Å². The maximum Gasteiger partial charge on any atom is 0.130 e. The van der Waals surface area contributed by atoms with Crippen molar-refractivity contribution in [2.45, 2.75) is 17.6 Å². The molecule has 0 aromatic heterocycles. The molecule has 4 heteroatoms.